The third kappa shape index (κ3) is 2.19. The zero-order valence-electron chi connectivity index (χ0n) is 6.88. The molecule has 0 bridgehead atoms. The number of esters is 1. The van der Waals surface area contributed by atoms with E-state index in [9.17, 15) is 4.79 Å². The van der Waals surface area contributed by atoms with Crippen molar-refractivity contribution in [2.45, 2.75) is 32.3 Å². The largest absolute Gasteiger partial charge is 0.462 e. The van der Waals surface area contributed by atoms with Crippen LogP contribution in [0.4, 0.5) is 0 Å². The first-order valence-corrected chi connectivity index (χ1v) is 4.14. The molecular weight excluding hydrogens is 142 g/mol. The molecule has 0 spiro atoms. The van der Waals surface area contributed by atoms with Crippen LogP contribution >= 0.6 is 0 Å². The number of hydrogen-bond acceptors (Lipinski definition) is 3. The minimum absolute atomic E-state index is 0.141. The number of nitrogens with two attached hydrogens (primary N) is 1. The van der Waals surface area contributed by atoms with Crippen molar-refractivity contribution in [2.75, 3.05) is 6.54 Å². The van der Waals surface area contributed by atoms with Gasteiger partial charge in [-0.1, -0.05) is 6.92 Å². The van der Waals surface area contributed by atoms with E-state index in [4.69, 9.17) is 10.5 Å². The number of hydrogen-bond donors (Lipinski definition) is 1. The van der Waals surface area contributed by atoms with Crippen molar-refractivity contribution < 1.29 is 9.53 Å². The van der Waals surface area contributed by atoms with E-state index in [0.29, 0.717) is 6.54 Å². The average Bonchev–Trinajstić information content (AvgIpc) is 1.94. The van der Waals surface area contributed by atoms with Gasteiger partial charge in [0.05, 0.1) is 5.92 Å². The molecule has 3 heteroatoms. The zero-order chi connectivity index (χ0) is 8.27. The Morgan fingerprint density at radius 2 is 2.36 bits per heavy atom. The van der Waals surface area contributed by atoms with Gasteiger partial charge in [-0.05, 0) is 19.3 Å². The summed E-state index contributed by atoms with van der Waals surface area (Å²) >= 11 is 0. The van der Waals surface area contributed by atoms with Crippen LogP contribution in [0.2, 0.25) is 0 Å². The minimum Gasteiger partial charge on any atom is -0.462 e. The van der Waals surface area contributed by atoms with E-state index < -0.39 is 0 Å². The van der Waals surface area contributed by atoms with Crippen LogP contribution in [0.15, 0.2) is 0 Å². The van der Waals surface area contributed by atoms with E-state index in [1.165, 1.54) is 6.42 Å². The molecule has 0 radical (unpaired) electrons. The summed E-state index contributed by atoms with van der Waals surface area (Å²) in [6, 6.07) is 0. The highest BCUT2D eigenvalue weighted by atomic mass is 16.5. The lowest BCUT2D eigenvalue weighted by molar-refractivity contribution is -0.156. The fourth-order valence-corrected chi connectivity index (χ4v) is 0.865. The van der Waals surface area contributed by atoms with Gasteiger partial charge >= 0.3 is 5.97 Å². The molecule has 1 aliphatic carbocycles. The molecule has 1 aliphatic rings. The summed E-state index contributed by atoms with van der Waals surface area (Å²) in [6.07, 6.45) is 3.44. The van der Waals surface area contributed by atoms with Crippen LogP contribution in [0.3, 0.4) is 0 Å². The van der Waals surface area contributed by atoms with Crippen LogP contribution < -0.4 is 5.73 Å². The van der Waals surface area contributed by atoms with Crippen molar-refractivity contribution in [2.24, 2.45) is 11.7 Å². The highest BCUT2D eigenvalue weighted by molar-refractivity contribution is 5.72. The second kappa shape index (κ2) is 3.72. The molecule has 0 saturated heterocycles. The van der Waals surface area contributed by atoms with Crippen molar-refractivity contribution in [1.29, 1.82) is 0 Å². The first kappa shape index (κ1) is 8.53. The van der Waals surface area contributed by atoms with Gasteiger partial charge in [0.1, 0.15) is 6.10 Å². The van der Waals surface area contributed by atoms with Crippen LogP contribution in [-0.4, -0.2) is 18.6 Å². The molecule has 1 atom stereocenters. The predicted octanol–water partition coefficient (Wildman–Crippen LogP) is 0.677. The minimum atomic E-state index is -0.143. The van der Waals surface area contributed by atoms with Crippen molar-refractivity contribution in [3.05, 3.63) is 0 Å². The maximum atomic E-state index is 11.1. The third-order valence-electron chi connectivity index (χ3n) is 2.09. The molecule has 1 rings (SSSR count). The third-order valence-corrected chi connectivity index (χ3v) is 2.09. The highest BCUT2D eigenvalue weighted by Crippen LogP contribution is 2.22. The van der Waals surface area contributed by atoms with Gasteiger partial charge in [-0.25, -0.2) is 0 Å². The number of rotatable bonds is 3. The van der Waals surface area contributed by atoms with Gasteiger partial charge in [-0.3, -0.25) is 4.79 Å². The quantitative estimate of drug-likeness (QED) is 0.613. The average molecular weight is 157 g/mol. The van der Waals surface area contributed by atoms with Crippen LogP contribution in [0.25, 0.3) is 0 Å². The molecule has 11 heavy (non-hydrogen) atoms. The van der Waals surface area contributed by atoms with E-state index >= 15 is 0 Å². The molecule has 3 nitrogen and oxygen atoms in total. The van der Waals surface area contributed by atoms with E-state index in [1.54, 1.807) is 6.92 Å². The molecule has 1 fully saturated rings. The Bertz CT molecular complexity index is 143. The second-order valence-electron chi connectivity index (χ2n) is 3.13. The van der Waals surface area contributed by atoms with Crippen molar-refractivity contribution in [3.8, 4) is 0 Å². The van der Waals surface area contributed by atoms with E-state index in [1.807, 2.05) is 0 Å². The molecule has 1 unspecified atom stereocenters. The Kier molecular flexibility index (Phi) is 2.88. The summed E-state index contributed by atoms with van der Waals surface area (Å²) in [6.45, 7) is 2.17. The first-order valence-electron chi connectivity index (χ1n) is 4.14. The van der Waals surface area contributed by atoms with Crippen LogP contribution in [0.5, 0.6) is 0 Å². The second-order valence-corrected chi connectivity index (χ2v) is 3.13. The molecular formula is C8H15NO2. The van der Waals surface area contributed by atoms with Crippen molar-refractivity contribution in [1.82, 2.24) is 0 Å². The van der Waals surface area contributed by atoms with Crippen LogP contribution in [0, 0.1) is 5.92 Å². The van der Waals surface area contributed by atoms with Gasteiger partial charge in [-0.15, -0.1) is 0 Å². The molecule has 0 aliphatic heterocycles. The predicted molar refractivity (Wildman–Crippen MR) is 41.9 cm³/mol. The number of carbonyl (C=O) groups excluding carboxylic acids is 1. The first-order chi connectivity index (χ1) is 5.24. The van der Waals surface area contributed by atoms with Gasteiger partial charge < -0.3 is 10.5 Å². The lowest BCUT2D eigenvalue weighted by Gasteiger charge is -2.26. The maximum absolute atomic E-state index is 11.1. The summed E-state index contributed by atoms with van der Waals surface area (Å²) in [7, 11) is 0. The van der Waals surface area contributed by atoms with Gasteiger partial charge in [0.2, 0.25) is 0 Å². The Labute approximate surface area is 66.9 Å². The summed E-state index contributed by atoms with van der Waals surface area (Å²) < 4.78 is 5.12. The molecule has 0 amide bonds. The fourth-order valence-electron chi connectivity index (χ4n) is 0.865. The Morgan fingerprint density at radius 3 is 2.73 bits per heavy atom. The highest BCUT2D eigenvalue weighted by Gasteiger charge is 2.23. The molecule has 0 heterocycles. The molecule has 0 aromatic rings. The summed E-state index contributed by atoms with van der Waals surface area (Å²) in [4.78, 5) is 11.1. The molecule has 1 saturated carbocycles. The van der Waals surface area contributed by atoms with E-state index in [0.717, 1.165) is 12.8 Å². The standard InChI is InChI=1S/C8H15NO2/c1-6(5-9)8(10)11-7-3-2-4-7/h6-7H,2-5,9H2,1H3. The van der Waals surface area contributed by atoms with Crippen molar-refractivity contribution in [3.63, 3.8) is 0 Å². The van der Waals surface area contributed by atoms with Crippen LogP contribution in [-0.2, 0) is 9.53 Å². The Balaban J connectivity index is 2.19. The molecule has 2 N–H and O–H groups in total. The fraction of sp³-hybridized carbons (Fsp3) is 0.875. The summed E-state index contributed by atoms with van der Waals surface area (Å²) in [5.74, 6) is -0.284. The smallest absolute Gasteiger partial charge is 0.310 e. The monoisotopic (exact) mass is 157 g/mol. The van der Waals surface area contributed by atoms with E-state index in [2.05, 4.69) is 0 Å². The number of carbonyl (C=O) groups is 1. The molecule has 0 aromatic heterocycles. The topological polar surface area (TPSA) is 52.3 Å². The van der Waals surface area contributed by atoms with Gasteiger partial charge in [-0.2, -0.15) is 0 Å². The van der Waals surface area contributed by atoms with Gasteiger partial charge in [0.25, 0.3) is 0 Å². The summed E-state index contributed by atoms with van der Waals surface area (Å²) in [5, 5.41) is 0. The van der Waals surface area contributed by atoms with Crippen LogP contribution in [0.1, 0.15) is 26.2 Å². The maximum Gasteiger partial charge on any atom is 0.310 e. The molecule has 64 valence electrons. The summed E-state index contributed by atoms with van der Waals surface area (Å²) in [5.41, 5.74) is 5.31. The Morgan fingerprint density at radius 1 is 1.73 bits per heavy atom. The van der Waals surface area contributed by atoms with Gasteiger partial charge in [0.15, 0.2) is 0 Å². The number of ether oxygens (including phenoxy) is 1. The van der Waals surface area contributed by atoms with Crippen molar-refractivity contribution >= 4 is 5.97 Å². The Hall–Kier alpha value is -0.570. The SMILES string of the molecule is CC(CN)C(=O)OC1CCC1. The lowest BCUT2D eigenvalue weighted by atomic mass is 9.96. The zero-order valence-corrected chi connectivity index (χ0v) is 6.88. The normalized spacial score (nSPS) is 20.5. The van der Waals surface area contributed by atoms with Gasteiger partial charge in [0, 0.05) is 6.54 Å². The van der Waals surface area contributed by atoms with E-state index in [-0.39, 0.29) is 18.0 Å². The molecule has 0 aromatic carbocycles. The lowest BCUT2D eigenvalue weighted by Crippen LogP contribution is -2.30.